The lowest BCUT2D eigenvalue weighted by Gasteiger charge is -2.24. The molecule has 1 aliphatic heterocycles. The van der Waals surface area contributed by atoms with E-state index in [1.54, 1.807) is 0 Å². The van der Waals surface area contributed by atoms with Gasteiger partial charge in [-0.1, -0.05) is 18.2 Å². The summed E-state index contributed by atoms with van der Waals surface area (Å²) in [5, 5.41) is 13.5. The fourth-order valence-corrected chi connectivity index (χ4v) is 2.36. The normalized spacial score (nSPS) is 15.3. The second-order valence-corrected chi connectivity index (χ2v) is 4.71. The third kappa shape index (κ3) is 3.01. The lowest BCUT2D eigenvalue weighted by atomic mass is 10.1. The number of benzene rings is 1. The van der Waals surface area contributed by atoms with Crippen LogP contribution in [-0.2, 0) is 0 Å². The van der Waals surface area contributed by atoms with Crippen LogP contribution in [0.1, 0.15) is 18.5 Å². The predicted molar refractivity (Wildman–Crippen MR) is 80.2 cm³/mol. The molecule has 4 nitrogen and oxygen atoms in total. The lowest BCUT2D eigenvalue weighted by Crippen LogP contribution is -2.34. The number of halogens is 1. The molecule has 0 radical (unpaired) electrons. The molecular weight excluding hydrogens is 274 g/mol. The van der Waals surface area contributed by atoms with E-state index in [4.69, 9.17) is 4.74 Å². The number of piperidine rings is 1. The van der Waals surface area contributed by atoms with Gasteiger partial charge in [-0.25, -0.2) is 4.98 Å². The fourth-order valence-electron chi connectivity index (χ4n) is 2.36. The maximum atomic E-state index is 9.20. The highest BCUT2D eigenvalue weighted by Crippen LogP contribution is 2.25. The van der Waals surface area contributed by atoms with Crippen molar-refractivity contribution in [3.05, 3.63) is 36.0 Å². The van der Waals surface area contributed by atoms with Gasteiger partial charge < -0.3 is 10.1 Å². The summed E-state index contributed by atoms with van der Waals surface area (Å²) >= 11 is 0. The third-order valence-corrected chi connectivity index (χ3v) is 3.37. The van der Waals surface area contributed by atoms with Crippen LogP contribution in [0.15, 0.2) is 30.3 Å². The molecule has 1 aromatic heterocycles. The van der Waals surface area contributed by atoms with Crippen LogP contribution in [0.4, 0.5) is 0 Å². The molecule has 20 heavy (non-hydrogen) atoms. The molecular formula is C15H16ClN3O. The van der Waals surface area contributed by atoms with Crippen molar-refractivity contribution in [1.29, 1.82) is 5.26 Å². The number of ether oxygens (including phenoxy) is 1. The number of pyridine rings is 1. The summed E-state index contributed by atoms with van der Waals surface area (Å²) in [5.74, 6) is 0.605. The SMILES string of the molecule is Cl.N#Cc1nc2ccccc2cc1OC1CCNCC1. The van der Waals surface area contributed by atoms with E-state index in [1.165, 1.54) is 0 Å². The zero-order chi connectivity index (χ0) is 13.1. The van der Waals surface area contributed by atoms with E-state index < -0.39 is 0 Å². The molecule has 0 bridgehead atoms. The molecule has 1 aromatic carbocycles. The van der Waals surface area contributed by atoms with E-state index in [0.717, 1.165) is 36.8 Å². The van der Waals surface area contributed by atoms with Gasteiger partial charge in [0.1, 0.15) is 12.2 Å². The number of hydrogen-bond acceptors (Lipinski definition) is 4. The standard InChI is InChI=1S/C15H15N3O.ClH/c16-10-14-15(19-12-5-7-17-8-6-12)9-11-3-1-2-4-13(11)18-14;/h1-4,9,12,17H,5-8H2;1H. The minimum atomic E-state index is 0. The number of nitrogens with zero attached hydrogens (tertiary/aromatic N) is 2. The van der Waals surface area contributed by atoms with Crippen molar-refractivity contribution in [3.8, 4) is 11.8 Å². The number of aromatic nitrogens is 1. The Morgan fingerprint density at radius 2 is 2.00 bits per heavy atom. The van der Waals surface area contributed by atoms with Gasteiger partial charge in [-0.15, -0.1) is 12.4 Å². The van der Waals surface area contributed by atoms with Gasteiger partial charge >= 0.3 is 0 Å². The molecule has 0 amide bonds. The molecule has 5 heteroatoms. The monoisotopic (exact) mass is 289 g/mol. The van der Waals surface area contributed by atoms with E-state index in [2.05, 4.69) is 16.4 Å². The van der Waals surface area contributed by atoms with Gasteiger partial charge in [-0.2, -0.15) is 5.26 Å². The Labute approximate surface area is 124 Å². The van der Waals surface area contributed by atoms with Crippen LogP contribution in [0, 0.1) is 11.3 Å². The first-order valence-corrected chi connectivity index (χ1v) is 6.54. The van der Waals surface area contributed by atoms with Gasteiger partial charge in [-0.3, -0.25) is 0 Å². The van der Waals surface area contributed by atoms with Crippen LogP contribution >= 0.6 is 12.4 Å². The maximum absolute atomic E-state index is 9.20. The molecule has 1 fully saturated rings. The van der Waals surface area contributed by atoms with Crippen molar-refractivity contribution >= 4 is 23.3 Å². The first-order valence-electron chi connectivity index (χ1n) is 6.54. The predicted octanol–water partition coefficient (Wildman–Crippen LogP) is 2.66. The largest absolute Gasteiger partial charge is 0.487 e. The summed E-state index contributed by atoms with van der Waals surface area (Å²) < 4.78 is 5.96. The molecule has 0 saturated carbocycles. The van der Waals surface area contributed by atoms with Crippen LogP contribution < -0.4 is 10.1 Å². The maximum Gasteiger partial charge on any atom is 0.183 e. The quantitative estimate of drug-likeness (QED) is 0.923. The van der Waals surface area contributed by atoms with Crippen LogP contribution in [0.5, 0.6) is 5.75 Å². The number of hydrogen-bond donors (Lipinski definition) is 1. The summed E-state index contributed by atoms with van der Waals surface area (Å²) in [4.78, 5) is 4.36. The fraction of sp³-hybridized carbons (Fsp3) is 0.333. The average Bonchev–Trinajstić information content (AvgIpc) is 2.47. The summed E-state index contributed by atoms with van der Waals surface area (Å²) in [6, 6.07) is 11.8. The molecule has 2 heterocycles. The molecule has 104 valence electrons. The first kappa shape index (κ1) is 14.6. The second kappa shape index (κ2) is 6.56. The van der Waals surface area contributed by atoms with Crippen LogP contribution in [0.3, 0.4) is 0 Å². The molecule has 1 saturated heterocycles. The smallest absolute Gasteiger partial charge is 0.183 e. The van der Waals surface area contributed by atoms with Crippen LogP contribution in [0.2, 0.25) is 0 Å². The Bertz CT molecular complexity index is 633. The van der Waals surface area contributed by atoms with Gasteiger partial charge in [-0.05, 0) is 38.1 Å². The van der Waals surface area contributed by atoms with Gasteiger partial charge in [0.25, 0.3) is 0 Å². The van der Waals surface area contributed by atoms with Gasteiger partial charge in [0.15, 0.2) is 11.4 Å². The van der Waals surface area contributed by atoms with Crippen molar-refractivity contribution in [3.63, 3.8) is 0 Å². The summed E-state index contributed by atoms with van der Waals surface area (Å²) in [7, 11) is 0. The van der Waals surface area contributed by atoms with Gasteiger partial charge in [0.2, 0.25) is 0 Å². The van der Waals surface area contributed by atoms with E-state index in [9.17, 15) is 5.26 Å². The molecule has 0 unspecified atom stereocenters. The lowest BCUT2D eigenvalue weighted by molar-refractivity contribution is 0.161. The van der Waals surface area contributed by atoms with E-state index in [0.29, 0.717) is 11.4 Å². The zero-order valence-electron chi connectivity index (χ0n) is 11.0. The molecule has 0 spiro atoms. The number of nitriles is 1. The minimum Gasteiger partial charge on any atom is -0.487 e. The second-order valence-electron chi connectivity index (χ2n) is 4.71. The van der Waals surface area contributed by atoms with Crippen molar-refractivity contribution in [1.82, 2.24) is 10.3 Å². The van der Waals surface area contributed by atoms with E-state index in [1.807, 2.05) is 30.3 Å². The Morgan fingerprint density at radius 3 is 2.75 bits per heavy atom. The Kier molecular flexibility index (Phi) is 4.78. The summed E-state index contributed by atoms with van der Waals surface area (Å²) in [6.07, 6.45) is 2.12. The third-order valence-electron chi connectivity index (χ3n) is 3.37. The van der Waals surface area contributed by atoms with E-state index in [-0.39, 0.29) is 18.5 Å². The number of nitrogens with one attached hydrogen (secondary N) is 1. The van der Waals surface area contributed by atoms with Crippen LogP contribution in [-0.4, -0.2) is 24.2 Å². The van der Waals surface area contributed by atoms with Crippen molar-refractivity contribution in [2.24, 2.45) is 0 Å². The Balaban J connectivity index is 0.00000147. The molecule has 1 N–H and O–H groups in total. The average molecular weight is 290 g/mol. The minimum absolute atomic E-state index is 0. The van der Waals surface area contributed by atoms with Crippen molar-refractivity contribution in [2.45, 2.75) is 18.9 Å². The first-order chi connectivity index (χ1) is 9.36. The van der Waals surface area contributed by atoms with Crippen molar-refractivity contribution < 1.29 is 4.74 Å². The Hall–Kier alpha value is -1.83. The topological polar surface area (TPSA) is 57.9 Å². The highest BCUT2D eigenvalue weighted by molar-refractivity contribution is 5.85. The molecule has 1 aliphatic rings. The number of para-hydroxylation sites is 1. The zero-order valence-corrected chi connectivity index (χ0v) is 11.8. The summed E-state index contributed by atoms with van der Waals surface area (Å²) in [6.45, 7) is 1.93. The van der Waals surface area contributed by atoms with E-state index >= 15 is 0 Å². The number of fused-ring (bicyclic) bond motifs is 1. The van der Waals surface area contributed by atoms with Gasteiger partial charge in [0.05, 0.1) is 5.52 Å². The Morgan fingerprint density at radius 1 is 1.25 bits per heavy atom. The molecule has 0 aliphatic carbocycles. The van der Waals surface area contributed by atoms with Crippen LogP contribution in [0.25, 0.3) is 10.9 Å². The molecule has 2 aromatic rings. The molecule has 3 rings (SSSR count). The van der Waals surface area contributed by atoms with Crippen molar-refractivity contribution in [2.75, 3.05) is 13.1 Å². The van der Waals surface area contributed by atoms with Gasteiger partial charge in [0, 0.05) is 5.39 Å². The number of rotatable bonds is 2. The highest BCUT2D eigenvalue weighted by atomic mass is 35.5. The molecule has 0 atom stereocenters. The highest BCUT2D eigenvalue weighted by Gasteiger charge is 2.17. The summed E-state index contributed by atoms with van der Waals surface area (Å²) in [5.41, 5.74) is 1.20.